The number of pyridine rings is 1. The highest BCUT2D eigenvalue weighted by Gasteiger charge is 2.26. The van der Waals surface area contributed by atoms with E-state index in [0.717, 1.165) is 11.1 Å². The van der Waals surface area contributed by atoms with Gasteiger partial charge in [0.05, 0.1) is 40.4 Å². The summed E-state index contributed by atoms with van der Waals surface area (Å²) in [4.78, 5) is 35.7. The van der Waals surface area contributed by atoms with E-state index < -0.39 is 34.5 Å². The summed E-state index contributed by atoms with van der Waals surface area (Å²) in [7, 11) is 0.0467. The lowest BCUT2D eigenvalue weighted by atomic mass is 10.1. The molecule has 2 aromatic heterocycles. The average Bonchev–Trinajstić information content (AvgIpc) is 3.16. The Bertz CT molecular complexity index is 1260. The van der Waals surface area contributed by atoms with Crippen molar-refractivity contribution < 1.29 is 28.4 Å². The number of hydrogen-bond donors (Lipinski definition) is 3. The first-order valence-electron chi connectivity index (χ1n) is 10.5. The molecule has 182 valence electrons. The molecule has 2 atom stereocenters. The molecule has 0 spiro atoms. The number of ether oxygens (including phenoxy) is 2. The number of alkyl carbamates (subject to hydrolysis) is 1. The summed E-state index contributed by atoms with van der Waals surface area (Å²) < 4.78 is 23.6. The third kappa shape index (κ3) is 5.71. The summed E-state index contributed by atoms with van der Waals surface area (Å²) in [5.41, 5.74) is 2.88. The molecular weight excluding hydrogens is 460 g/mol. The van der Waals surface area contributed by atoms with Gasteiger partial charge in [-0.2, -0.15) is 0 Å². The van der Waals surface area contributed by atoms with Gasteiger partial charge in [0, 0.05) is 17.3 Å². The Balaban J connectivity index is 1.85. The highest BCUT2D eigenvalue weighted by Crippen LogP contribution is 2.26. The van der Waals surface area contributed by atoms with Gasteiger partial charge in [-0.15, -0.1) is 0 Å². The number of nitrogens with zero attached hydrogens (tertiary/aromatic N) is 2. The Labute approximate surface area is 199 Å². The minimum Gasteiger partial charge on any atom is -0.496 e. The quantitative estimate of drug-likeness (QED) is 0.458. The van der Waals surface area contributed by atoms with Crippen molar-refractivity contribution in [3.63, 3.8) is 0 Å². The van der Waals surface area contributed by atoms with Crippen molar-refractivity contribution in [1.82, 2.24) is 20.3 Å². The van der Waals surface area contributed by atoms with E-state index >= 15 is 0 Å². The van der Waals surface area contributed by atoms with Gasteiger partial charge in [0.1, 0.15) is 11.4 Å². The summed E-state index contributed by atoms with van der Waals surface area (Å²) in [6.07, 6.45) is 0.829. The number of aromatic nitrogens is 3. The molecule has 0 aliphatic rings. The minimum atomic E-state index is -1.53. The number of amides is 1. The van der Waals surface area contributed by atoms with Crippen molar-refractivity contribution in [2.45, 2.75) is 57.2 Å². The number of aryl methyl sites for hydroxylation is 1. The van der Waals surface area contributed by atoms with E-state index in [2.05, 4.69) is 20.3 Å². The van der Waals surface area contributed by atoms with Crippen LogP contribution < -0.4 is 10.1 Å². The maximum absolute atomic E-state index is 13.0. The monoisotopic (exact) mass is 488 g/mol. The Morgan fingerprint density at radius 1 is 1.26 bits per heavy atom. The summed E-state index contributed by atoms with van der Waals surface area (Å²) >= 11 is 0. The summed E-state index contributed by atoms with van der Waals surface area (Å²) in [6.45, 7) is 8.80. The SMILES string of the molecule is COc1c(C)cnc(CS(=O)c2nc3ccc(C(NC(=O)OC(C)(C)C)C(=O)O)cc3[nH]2)c1C. The zero-order chi connectivity index (χ0) is 25.2. The topological polar surface area (TPSA) is 144 Å². The van der Waals surface area contributed by atoms with Gasteiger partial charge in [-0.3, -0.25) is 9.19 Å². The number of fused-ring (bicyclic) bond motifs is 1. The maximum atomic E-state index is 13.0. The molecule has 0 saturated heterocycles. The minimum absolute atomic E-state index is 0.132. The van der Waals surface area contributed by atoms with Crippen molar-refractivity contribution in [2.75, 3.05) is 7.11 Å². The molecule has 0 radical (unpaired) electrons. The number of carboxylic acid groups (broad SMARTS) is 1. The lowest BCUT2D eigenvalue weighted by Crippen LogP contribution is -2.38. The van der Waals surface area contributed by atoms with E-state index in [-0.39, 0.29) is 10.9 Å². The van der Waals surface area contributed by atoms with E-state index in [1.807, 2.05) is 13.8 Å². The number of imidazole rings is 1. The molecule has 3 N–H and O–H groups in total. The van der Waals surface area contributed by atoms with Crippen LogP contribution in [-0.2, 0) is 26.1 Å². The number of methoxy groups -OCH3 is 1. The summed E-state index contributed by atoms with van der Waals surface area (Å²) in [6, 6.07) is 3.37. The molecule has 3 rings (SSSR count). The van der Waals surface area contributed by atoms with Crippen molar-refractivity contribution in [2.24, 2.45) is 0 Å². The number of carboxylic acids is 1. The van der Waals surface area contributed by atoms with Gasteiger partial charge < -0.3 is 24.9 Å². The van der Waals surface area contributed by atoms with Crippen LogP contribution in [-0.4, -0.2) is 49.0 Å². The van der Waals surface area contributed by atoms with E-state index in [1.54, 1.807) is 52.3 Å². The third-order valence-electron chi connectivity index (χ3n) is 4.96. The van der Waals surface area contributed by atoms with Crippen LogP contribution in [0.5, 0.6) is 5.75 Å². The van der Waals surface area contributed by atoms with Gasteiger partial charge >= 0.3 is 12.1 Å². The van der Waals surface area contributed by atoms with Gasteiger partial charge in [0.25, 0.3) is 0 Å². The third-order valence-corrected chi connectivity index (χ3v) is 6.12. The van der Waals surface area contributed by atoms with E-state index in [0.29, 0.717) is 28.0 Å². The molecule has 1 aromatic carbocycles. The number of aromatic amines is 1. The highest BCUT2D eigenvalue weighted by molar-refractivity contribution is 7.84. The first-order valence-corrected chi connectivity index (χ1v) is 11.8. The first-order chi connectivity index (χ1) is 15.9. The van der Waals surface area contributed by atoms with Crippen molar-refractivity contribution in [1.29, 1.82) is 0 Å². The first kappa shape index (κ1) is 25.2. The fourth-order valence-corrected chi connectivity index (χ4v) is 4.51. The molecule has 0 aliphatic carbocycles. The zero-order valence-electron chi connectivity index (χ0n) is 19.9. The molecule has 10 nitrogen and oxygen atoms in total. The molecule has 1 amide bonds. The van der Waals surface area contributed by atoms with Crippen LogP contribution in [0, 0.1) is 13.8 Å². The smallest absolute Gasteiger partial charge is 0.408 e. The largest absolute Gasteiger partial charge is 0.496 e. The van der Waals surface area contributed by atoms with Gasteiger partial charge in [0.15, 0.2) is 11.2 Å². The van der Waals surface area contributed by atoms with E-state index in [9.17, 15) is 18.9 Å². The molecule has 34 heavy (non-hydrogen) atoms. The van der Waals surface area contributed by atoms with Crippen LogP contribution >= 0.6 is 0 Å². The summed E-state index contributed by atoms with van der Waals surface area (Å²) in [5.74, 6) is -0.413. The van der Waals surface area contributed by atoms with Crippen molar-refractivity contribution in [3.8, 4) is 5.75 Å². The van der Waals surface area contributed by atoms with E-state index in [1.165, 1.54) is 0 Å². The number of carbonyl (C=O) groups is 2. The van der Waals surface area contributed by atoms with Crippen LogP contribution in [0.3, 0.4) is 0 Å². The van der Waals surface area contributed by atoms with Crippen LogP contribution in [0.25, 0.3) is 11.0 Å². The van der Waals surface area contributed by atoms with Crippen molar-refractivity contribution >= 4 is 33.9 Å². The van der Waals surface area contributed by atoms with Gasteiger partial charge in [-0.25, -0.2) is 14.6 Å². The normalized spacial score (nSPS) is 13.4. The standard InChI is InChI=1S/C23H28N4O6S/c1-12-10-24-17(13(2)19(12)32-6)11-34(31)21-25-15-8-7-14(9-16(15)26-21)18(20(28)29)27-22(30)33-23(3,4)5/h7-10,18H,11H2,1-6H3,(H,25,26)(H,27,30)(H,28,29). The molecule has 0 aliphatic heterocycles. The number of H-pyrrole nitrogens is 1. The molecule has 2 unspecified atom stereocenters. The number of nitrogens with one attached hydrogen (secondary N) is 2. The number of carbonyl (C=O) groups excluding carboxylic acids is 1. The Morgan fingerprint density at radius 2 is 1.97 bits per heavy atom. The van der Waals surface area contributed by atoms with Crippen molar-refractivity contribution in [3.05, 3.63) is 46.8 Å². The molecule has 11 heteroatoms. The van der Waals surface area contributed by atoms with E-state index in [4.69, 9.17) is 9.47 Å². The van der Waals surface area contributed by atoms with Crippen LogP contribution in [0.1, 0.15) is 49.2 Å². The fraction of sp³-hybridized carbons (Fsp3) is 0.391. The number of rotatable bonds is 7. The van der Waals surface area contributed by atoms with Gasteiger partial charge in [0.2, 0.25) is 0 Å². The molecule has 2 heterocycles. The molecule has 0 bridgehead atoms. The number of aliphatic carboxylic acids is 1. The predicted octanol–water partition coefficient (Wildman–Crippen LogP) is 3.54. The molecule has 3 aromatic rings. The second kappa shape index (κ2) is 9.80. The second-order valence-corrected chi connectivity index (χ2v) is 10.1. The summed E-state index contributed by atoms with van der Waals surface area (Å²) in [5, 5.41) is 12.2. The van der Waals surface area contributed by atoms with Gasteiger partial charge in [-0.1, -0.05) is 6.07 Å². The lowest BCUT2D eigenvalue weighted by molar-refractivity contribution is -0.139. The highest BCUT2D eigenvalue weighted by atomic mass is 32.2. The Kier molecular flexibility index (Phi) is 7.25. The predicted molar refractivity (Wildman–Crippen MR) is 126 cm³/mol. The average molecular weight is 489 g/mol. The molecule has 0 saturated carbocycles. The second-order valence-electron chi connectivity index (χ2n) is 8.77. The number of hydrogen-bond acceptors (Lipinski definition) is 7. The lowest BCUT2D eigenvalue weighted by Gasteiger charge is -2.22. The fourth-order valence-electron chi connectivity index (χ4n) is 3.41. The maximum Gasteiger partial charge on any atom is 0.408 e. The number of benzene rings is 1. The zero-order valence-corrected chi connectivity index (χ0v) is 20.7. The van der Waals surface area contributed by atoms with Gasteiger partial charge in [-0.05, 0) is 52.3 Å². The Morgan fingerprint density at radius 3 is 2.59 bits per heavy atom. The Hall–Kier alpha value is -3.47. The van der Waals surface area contributed by atoms with Crippen LogP contribution in [0.2, 0.25) is 0 Å². The molecule has 0 fully saturated rings. The van der Waals surface area contributed by atoms with Crippen LogP contribution in [0.15, 0.2) is 29.6 Å². The van der Waals surface area contributed by atoms with Crippen LogP contribution in [0.4, 0.5) is 4.79 Å². The molecular formula is C23H28N4O6S.